The lowest BCUT2D eigenvalue weighted by molar-refractivity contribution is -0.264. The summed E-state index contributed by atoms with van der Waals surface area (Å²) in [4.78, 5) is 0. The lowest BCUT2D eigenvalue weighted by Gasteiger charge is -2.34. The summed E-state index contributed by atoms with van der Waals surface area (Å²) in [6.07, 6.45) is -11.7. The second-order valence-corrected chi connectivity index (χ2v) is 10.8. The summed E-state index contributed by atoms with van der Waals surface area (Å²) in [5.41, 5.74) is 23.8. The van der Waals surface area contributed by atoms with Gasteiger partial charge in [-0.25, -0.2) is 0 Å². The van der Waals surface area contributed by atoms with Crippen molar-refractivity contribution < 1.29 is 68.5 Å². The van der Waals surface area contributed by atoms with E-state index in [9.17, 15) is 30.6 Å². The fourth-order valence-electron chi connectivity index (χ4n) is 4.24. The molecule has 1 saturated heterocycles. The van der Waals surface area contributed by atoms with Crippen molar-refractivity contribution in [2.75, 3.05) is 79.2 Å². The van der Waals surface area contributed by atoms with Crippen molar-refractivity contribution >= 4 is 0 Å². The molecule has 1 fully saturated rings. The van der Waals surface area contributed by atoms with Gasteiger partial charge in [0.2, 0.25) is 0 Å². The Morgan fingerprint density at radius 3 is 1.80 bits per heavy atom. The number of rotatable bonds is 17. The van der Waals surface area contributed by atoms with Crippen LogP contribution in [0.5, 0.6) is 0 Å². The highest BCUT2D eigenvalue weighted by molar-refractivity contribution is 4.83. The number of hydrogen-bond acceptors (Lipinski definition) is 18. The highest BCUT2D eigenvalue weighted by Crippen LogP contribution is 2.20. The minimum absolute atomic E-state index is 0.0227. The minimum Gasteiger partial charge on any atom is -0.393 e. The first-order chi connectivity index (χ1) is 21.5. The van der Waals surface area contributed by atoms with Gasteiger partial charge in [0.25, 0.3) is 0 Å². The van der Waals surface area contributed by atoms with Crippen molar-refractivity contribution in [3.05, 3.63) is 0 Å². The van der Waals surface area contributed by atoms with Gasteiger partial charge >= 0.3 is 0 Å². The van der Waals surface area contributed by atoms with Crippen LogP contribution in [0.15, 0.2) is 0 Å². The van der Waals surface area contributed by atoms with Crippen molar-refractivity contribution in [1.29, 1.82) is 0 Å². The highest BCUT2D eigenvalue weighted by Gasteiger charge is 2.36. The summed E-state index contributed by atoms with van der Waals surface area (Å²) < 4.78 is 44.2. The first-order valence-corrected chi connectivity index (χ1v) is 15.3. The molecule has 18 heteroatoms. The molecule has 0 aromatic carbocycles. The first kappa shape index (κ1) is 42.3. The molecule has 0 radical (unpaired) electrons. The monoisotopic (exact) mass is 662 g/mol. The van der Waals surface area contributed by atoms with E-state index in [2.05, 4.69) is 0 Å². The van der Waals surface area contributed by atoms with E-state index in [1.165, 1.54) is 6.92 Å². The van der Waals surface area contributed by atoms with Crippen LogP contribution in [0.25, 0.3) is 0 Å². The summed E-state index contributed by atoms with van der Waals surface area (Å²) >= 11 is 0. The summed E-state index contributed by atoms with van der Waals surface area (Å²) in [5.74, 6) is -0.866. The van der Waals surface area contributed by atoms with Gasteiger partial charge in [0.1, 0.15) is 12.2 Å². The van der Waals surface area contributed by atoms with E-state index in [1.54, 1.807) is 6.92 Å². The Hall–Kier alpha value is -0.720. The molecule has 1 heterocycles. The van der Waals surface area contributed by atoms with Gasteiger partial charge in [-0.3, -0.25) is 0 Å². The SMILES string of the molecule is CC(O)C(CN)OC(OC(C)C(N)CC(N)[C@H](O)OC(O)C(O)C1COCCOCCOCCOCCOC1CN)C(O)CO. The molecule has 0 aliphatic carbocycles. The van der Waals surface area contributed by atoms with Gasteiger partial charge < -0.3 is 91.5 Å². The second-order valence-electron chi connectivity index (χ2n) is 10.8. The van der Waals surface area contributed by atoms with Crippen molar-refractivity contribution in [3.8, 4) is 0 Å². The molecular formula is C27H58N4O14. The zero-order valence-corrected chi connectivity index (χ0v) is 26.4. The van der Waals surface area contributed by atoms with E-state index in [4.69, 9.17) is 60.8 Å². The number of aliphatic hydroxyl groups is 6. The maximum absolute atomic E-state index is 11.0. The predicted octanol–water partition coefficient (Wildman–Crippen LogP) is -5.11. The molecule has 1 aliphatic rings. The van der Waals surface area contributed by atoms with Crippen LogP contribution < -0.4 is 22.9 Å². The number of aliphatic hydroxyl groups excluding tert-OH is 6. The Morgan fingerprint density at radius 1 is 0.733 bits per heavy atom. The van der Waals surface area contributed by atoms with Crippen LogP contribution in [0, 0.1) is 5.92 Å². The predicted molar refractivity (Wildman–Crippen MR) is 158 cm³/mol. The third-order valence-corrected chi connectivity index (χ3v) is 7.15. The molecule has 45 heavy (non-hydrogen) atoms. The van der Waals surface area contributed by atoms with Gasteiger partial charge in [0.15, 0.2) is 18.9 Å². The molecule has 14 N–H and O–H groups in total. The Morgan fingerprint density at radius 2 is 1.29 bits per heavy atom. The topological polar surface area (TPSA) is 299 Å². The molecule has 270 valence electrons. The van der Waals surface area contributed by atoms with E-state index in [0.29, 0.717) is 26.4 Å². The zero-order chi connectivity index (χ0) is 33.8. The molecule has 0 spiro atoms. The van der Waals surface area contributed by atoms with Crippen molar-refractivity contribution in [1.82, 2.24) is 0 Å². The fraction of sp³-hybridized carbons (Fsp3) is 1.00. The normalized spacial score (nSPS) is 26.9. The van der Waals surface area contributed by atoms with Crippen LogP contribution >= 0.6 is 0 Å². The minimum atomic E-state index is -1.91. The smallest absolute Gasteiger partial charge is 0.186 e. The van der Waals surface area contributed by atoms with E-state index in [1.807, 2.05) is 0 Å². The van der Waals surface area contributed by atoms with Crippen LogP contribution in [-0.2, 0) is 37.9 Å². The molecule has 12 atom stereocenters. The lowest BCUT2D eigenvalue weighted by Crippen LogP contribution is -2.52. The molecule has 18 nitrogen and oxygen atoms in total. The summed E-state index contributed by atoms with van der Waals surface area (Å²) in [7, 11) is 0. The van der Waals surface area contributed by atoms with Crippen LogP contribution in [0.4, 0.5) is 0 Å². The van der Waals surface area contributed by atoms with Crippen LogP contribution in [-0.4, -0.2) is 177 Å². The number of nitrogens with two attached hydrogens (primary N) is 4. The van der Waals surface area contributed by atoms with Gasteiger partial charge in [-0.1, -0.05) is 0 Å². The van der Waals surface area contributed by atoms with E-state index in [0.717, 1.165) is 0 Å². The standard InChI is InChI=1S/C27H58N4O14/c1-16(33)22(12-28)44-27(21(34)14-32)43-17(2)19(30)11-20(31)25(36)45-26(37)24(35)18-15-41-8-7-39-4-3-38-5-6-40-9-10-42-23(18)13-29/h16-27,32-37H,3-15,28-31H2,1-2H3/t16?,17?,18?,19?,20?,21?,22?,23?,24?,25-,26?,27?/m1/s1. The second kappa shape index (κ2) is 24.4. The molecule has 0 saturated carbocycles. The van der Waals surface area contributed by atoms with Gasteiger partial charge in [0.05, 0.1) is 96.5 Å². The molecule has 1 aliphatic heterocycles. The molecule has 0 bridgehead atoms. The maximum Gasteiger partial charge on any atom is 0.186 e. The Bertz CT molecular complexity index is 720. The highest BCUT2D eigenvalue weighted by atomic mass is 16.7. The van der Waals surface area contributed by atoms with Gasteiger partial charge in [0, 0.05) is 25.0 Å². The fourth-order valence-corrected chi connectivity index (χ4v) is 4.24. The Balaban J connectivity index is 2.78. The van der Waals surface area contributed by atoms with Crippen molar-refractivity contribution in [2.24, 2.45) is 28.9 Å². The molecule has 0 aromatic rings. The molecule has 11 unspecified atom stereocenters. The molecule has 0 aromatic heterocycles. The van der Waals surface area contributed by atoms with Crippen molar-refractivity contribution in [3.63, 3.8) is 0 Å². The Labute approximate surface area is 264 Å². The number of hydrogen-bond donors (Lipinski definition) is 10. The summed E-state index contributed by atoms with van der Waals surface area (Å²) in [6.45, 7) is 4.53. The molecular weight excluding hydrogens is 604 g/mol. The van der Waals surface area contributed by atoms with E-state index in [-0.39, 0.29) is 52.5 Å². The van der Waals surface area contributed by atoms with E-state index >= 15 is 0 Å². The maximum atomic E-state index is 11.0. The van der Waals surface area contributed by atoms with Crippen LogP contribution in [0.3, 0.4) is 0 Å². The van der Waals surface area contributed by atoms with E-state index < -0.39 is 80.1 Å². The molecule has 0 amide bonds. The van der Waals surface area contributed by atoms with Crippen LogP contribution in [0.1, 0.15) is 20.3 Å². The van der Waals surface area contributed by atoms with Crippen molar-refractivity contribution in [2.45, 2.75) is 87.8 Å². The lowest BCUT2D eigenvalue weighted by atomic mass is 9.95. The summed E-state index contributed by atoms with van der Waals surface area (Å²) in [5, 5.41) is 61.6. The first-order valence-electron chi connectivity index (χ1n) is 15.3. The molecule has 1 rings (SSSR count). The van der Waals surface area contributed by atoms with Gasteiger partial charge in [-0.05, 0) is 20.3 Å². The third kappa shape index (κ3) is 16.8. The number of ether oxygens (including phenoxy) is 8. The Kier molecular flexibility index (Phi) is 23.0. The largest absolute Gasteiger partial charge is 0.393 e. The summed E-state index contributed by atoms with van der Waals surface area (Å²) in [6, 6.07) is -2.01. The van der Waals surface area contributed by atoms with Gasteiger partial charge in [-0.15, -0.1) is 0 Å². The zero-order valence-electron chi connectivity index (χ0n) is 26.4. The average molecular weight is 663 g/mol. The average Bonchev–Trinajstić information content (AvgIpc) is 3.01. The van der Waals surface area contributed by atoms with Gasteiger partial charge in [-0.2, -0.15) is 0 Å². The third-order valence-electron chi connectivity index (χ3n) is 7.15. The quantitative estimate of drug-likeness (QED) is 0.0651. The van der Waals surface area contributed by atoms with Crippen LogP contribution in [0.2, 0.25) is 0 Å².